The van der Waals surface area contributed by atoms with E-state index in [1.54, 1.807) is 0 Å². The van der Waals surface area contributed by atoms with Crippen LogP contribution in [0.4, 0.5) is 0 Å². The van der Waals surface area contributed by atoms with Crippen molar-refractivity contribution >= 4 is 23.5 Å². The van der Waals surface area contributed by atoms with Gasteiger partial charge < -0.3 is 5.11 Å². The SMILES string of the molecule is C=C(C)CCSCc1ccc(O)c(CSCCC(=C)C)c1C. The van der Waals surface area contributed by atoms with Crippen LogP contribution in [0.2, 0.25) is 0 Å². The molecule has 0 aliphatic heterocycles. The van der Waals surface area contributed by atoms with Gasteiger partial charge in [-0.1, -0.05) is 17.2 Å². The van der Waals surface area contributed by atoms with Crippen LogP contribution in [-0.4, -0.2) is 16.6 Å². The van der Waals surface area contributed by atoms with E-state index in [-0.39, 0.29) is 0 Å². The number of thioether (sulfide) groups is 2. The Morgan fingerprint density at radius 3 is 2.09 bits per heavy atom. The van der Waals surface area contributed by atoms with E-state index in [1.165, 1.54) is 22.3 Å². The van der Waals surface area contributed by atoms with Crippen LogP contribution in [-0.2, 0) is 11.5 Å². The van der Waals surface area contributed by atoms with Gasteiger partial charge in [0, 0.05) is 17.1 Å². The molecule has 1 aromatic rings. The molecule has 3 heteroatoms. The maximum absolute atomic E-state index is 10.1. The maximum Gasteiger partial charge on any atom is 0.119 e. The van der Waals surface area contributed by atoms with Crippen molar-refractivity contribution in [3.05, 3.63) is 53.1 Å². The third-order valence-electron chi connectivity index (χ3n) is 3.54. The summed E-state index contributed by atoms with van der Waals surface area (Å²) in [5.41, 5.74) is 6.12. The van der Waals surface area contributed by atoms with Crippen molar-refractivity contribution in [1.82, 2.24) is 0 Å². The van der Waals surface area contributed by atoms with Gasteiger partial charge in [-0.25, -0.2) is 0 Å². The van der Waals surface area contributed by atoms with E-state index >= 15 is 0 Å². The van der Waals surface area contributed by atoms with Gasteiger partial charge in [0.15, 0.2) is 0 Å². The lowest BCUT2D eigenvalue weighted by Crippen LogP contribution is -1.96. The van der Waals surface area contributed by atoms with Gasteiger partial charge in [-0.15, -0.1) is 13.2 Å². The minimum absolute atomic E-state index is 0.427. The Bertz CT molecular complexity index is 520. The lowest BCUT2D eigenvalue weighted by Gasteiger charge is -2.13. The first kappa shape index (κ1) is 19.2. The van der Waals surface area contributed by atoms with E-state index < -0.39 is 0 Å². The van der Waals surface area contributed by atoms with Crippen molar-refractivity contribution in [3.8, 4) is 5.75 Å². The van der Waals surface area contributed by atoms with E-state index in [2.05, 4.69) is 40.0 Å². The Kier molecular flexibility index (Phi) is 8.81. The molecule has 0 aliphatic rings. The molecule has 1 rings (SSSR count). The molecule has 0 bridgehead atoms. The monoisotopic (exact) mass is 336 g/mol. The molecule has 0 saturated carbocycles. The third-order valence-corrected chi connectivity index (χ3v) is 5.53. The molecule has 0 saturated heterocycles. The van der Waals surface area contributed by atoms with E-state index in [9.17, 15) is 5.11 Å². The van der Waals surface area contributed by atoms with Gasteiger partial charge in [0.1, 0.15) is 5.75 Å². The molecule has 22 heavy (non-hydrogen) atoms. The minimum atomic E-state index is 0.427. The Hall–Kier alpha value is -0.800. The lowest BCUT2D eigenvalue weighted by molar-refractivity contribution is 0.470. The minimum Gasteiger partial charge on any atom is -0.508 e. The van der Waals surface area contributed by atoms with E-state index in [1.807, 2.05) is 29.6 Å². The number of hydrogen-bond donors (Lipinski definition) is 1. The zero-order valence-corrected chi connectivity index (χ0v) is 15.7. The Balaban J connectivity index is 2.59. The zero-order chi connectivity index (χ0) is 16.5. The van der Waals surface area contributed by atoms with Gasteiger partial charge >= 0.3 is 0 Å². The first-order valence-corrected chi connectivity index (χ1v) is 9.97. The molecule has 0 atom stereocenters. The first-order valence-electron chi connectivity index (χ1n) is 7.66. The van der Waals surface area contributed by atoms with Crippen molar-refractivity contribution < 1.29 is 5.11 Å². The molecule has 0 spiro atoms. The average Bonchev–Trinajstić information content (AvgIpc) is 2.44. The summed E-state index contributed by atoms with van der Waals surface area (Å²) in [6.07, 6.45) is 2.12. The van der Waals surface area contributed by atoms with Crippen molar-refractivity contribution in [3.63, 3.8) is 0 Å². The van der Waals surface area contributed by atoms with Crippen LogP contribution in [0.5, 0.6) is 5.75 Å². The summed E-state index contributed by atoms with van der Waals surface area (Å²) in [6, 6.07) is 3.90. The summed E-state index contributed by atoms with van der Waals surface area (Å²) < 4.78 is 0. The zero-order valence-electron chi connectivity index (χ0n) is 14.1. The molecule has 0 amide bonds. The van der Waals surface area contributed by atoms with E-state index in [0.29, 0.717) is 5.75 Å². The van der Waals surface area contributed by atoms with Gasteiger partial charge in [-0.2, -0.15) is 23.5 Å². The molecule has 1 aromatic carbocycles. The van der Waals surface area contributed by atoms with Crippen LogP contribution >= 0.6 is 23.5 Å². The van der Waals surface area contributed by atoms with Crippen LogP contribution in [0.15, 0.2) is 36.4 Å². The highest BCUT2D eigenvalue weighted by molar-refractivity contribution is 7.98. The summed E-state index contributed by atoms with van der Waals surface area (Å²) in [4.78, 5) is 0. The number of benzene rings is 1. The normalized spacial score (nSPS) is 10.7. The smallest absolute Gasteiger partial charge is 0.119 e. The highest BCUT2D eigenvalue weighted by Gasteiger charge is 2.09. The fourth-order valence-electron chi connectivity index (χ4n) is 1.98. The predicted octanol–water partition coefficient (Wildman–Crippen LogP) is 6.10. The topological polar surface area (TPSA) is 20.2 Å². The molecule has 122 valence electrons. The van der Waals surface area contributed by atoms with E-state index in [0.717, 1.165) is 41.4 Å². The van der Waals surface area contributed by atoms with Gasteiger partial charge in [0.05, 0.1) is 0 Å². The van der Waals surface area contributed by atoms with Crippen LogP contribution in [0.3, 0.4) is 0 Å². The molecule has 0 aromatic heterocycles. The van der Waals surface area contributed by atoms with Crippen LogP contribution in [0.25, 0.3) is 0 Å². The molecule has 0 radical (unpaired) electrons. The molecule has 1 N–H and O–H groups in total. The summed E-state index contributed by atoms with van der Waals surface area (Å²) in [7, 11) is 0. The molecule has 0 fully saturated rings. The second kappa shape index (κ2) is 10.1. The van der Waals surface area contributed by atoms with Gasteiger partial charge in [0.25, 0.3) is 0 Å². The number of rotatable bonds is 10. The van der Waals surface area contributed by atoms with Gasteiger partial charge in [0.2, 0.25) is 0 Å². The fourth-order valence-corrected chi connectivity index (χ4v) is 4.35. The molecule has 0 heterocycles. The quantitative estimate of drug-likeness (QED) is 0.412. The van der Waals surface area contributed by atoms with Crippen LogP contribution in [0, 0.1) is 6.92 Å². The molecular formula is C19H28OS2. The lowest BCUT2D eigenvalue weighted by atomic mass is 10.0. The second-order valence-corrected chi connectivity index (χ2v) is 8.08. The number of allylic oxidation sites excluding steroid dienone is 2. The number of aromatic hydroxyl groups is 1. The van der Waals surface area contributed by atoms with E-state index in [4.69, 9.17) is 0 Å². The molecular weight excluding hydrogens is 308 g/mol. The molecule has 0 aliphatic carbocycles. The summed E-state index contributed by atoms with van der Waals surface area (Å²) >= 11 is 3.80. The largest absolute Gasteiger partial charge is 0.508 e. The Morgan fingerprint density at radius 1 is 1.00 bits per heavy atom. The van der Waals surface area contributed by atoms with Crippen molar-refractivity contribution in [2.75, 3.05) is 11.5 Å². The van der Waals surface area contributed by atoms with Crippen molar-refractivity contribution in [2.45, 2.75) is 45.1 Å². The predicted molar refractivity (Wildman–Crippen MR) is 104 cm³/mol. The third kappa shape index (κ3) is 6.97. The Labute approximate surface area is 144 Å². The molecule has 1 nitrogen and oxygen atoms in total. The number of phenolic OH excluding ortho intramolecular Hbond substituents is 1. The first-order chi connectivity index (χ1) is 10.4. The highest BCUT2D eigenvalue weighted by Crippen LogP contribution is 2.30. The van der Waals surface area contributed by atoms with Crippen molar-refractivity contribution in [2.24, 2.45) is 0 Å². The van der Waals surface area contributed by atoms with Gasteiger partial charge in [-0.05, 0) is 62.3 Å². The standard InChI is InChI=1S/C19H28OS2/c1-14(2)8-10-21-12-17-6-7-19(20)18(16(17)5)13-22-11-9-15(3)4/h6-7,20H,1,3,8-13H2,2,4-5H3. The summed E-state index contributed by atoms with van der Waals surface area (Å²) in [6.45, 7) is 14.1. The fraction of sp³-hybridized carbons (Fsp3) is 0.474. The second-order valence-electron chi connectivity index (χ2n) is 5.87. The highest BCUT2D eigenvalue weighted by atomic mass is 32.2. The number of phenols is 1. The van der Waals surface area contributed by atoms with Crippen molar-refractivity contribution in [1.29, 1.82) is 0 Å². The van der Waals surface area contributed by atoms with Crippen LogP contribution in [0.1, 0.15) is 43.4 Å². The van der Waals surface area contributed by atoms with Crippen LogP contribution < -0.4 is 0 Å². The summed E-state index contributed by atoms with van der Waals surface area (Å²) in [5.74, 6) is 4.47. The Morgan fingerprint density at radius 2 is 1.55 bits per heavy atom. The maximum atomic E-state index is 10.1. The number of hydrogen-bond acceptors (Lipinski definition) is 3. The summed E-state index contributed by atoms with van der Waals surface area (Å²) in [5, 5.41) is 10.1. The average molecular weight is 337 g/mol. The molecule has 0 unspecified atom stereocenters. The van der Waals surface area contributed by atoms with Gasteiger partial charge in [-0.3, -0.25) is 0 Å².